The highest BCUT2D eigenvalue weighted by Gasteiger charge is 2.23. The molecule has 1 aliphatic heterocycles. The van der Waals surface area contributed by atoms with Gasteiger partial charge >= 0.3 is 6.09 Å². The standard InChI is InChI=1S/C14H24F2N2O2/c1-10(12(15)16)17-9-11-5-7-18(8-6-11)13(19)20-14(2,3)4/h5,10,12,17H,6-9H2,1-4H3. The van der Waals surface area contributed by atoms with E-state index in [2.05, 4.69) is 5.32 Å². The van der Waals surface area contributed by atoms with E-state index >= 15 is 0 Å². The van der Waals surface area contributed by atoms with Gasteiger partial charge in [-0.1, -0.05) is 11.6 Å². The summed E-state index contributed by atoms with van der Waals surface area (Å²) < 4.78 is 30.0. The van der Waals surface area contributed by atoms with Crippen LogP contribution in [0.3, 0.4) is 0 Å². The first kappa shape index (κ1) is 16.9. The number of ether oxygens (including phenoxy) is 1. The third-order valence-electron chi connectivity index (χ3n) is 2.98. The number of nitrogens with one attached hydrogen (secondary N) is 1. The second-order valence-corrected chi connectivity index (χ2v) is 6.04. The first-order valence-electron chi connectivity index (χ1n) is 6.86. The zero-order chi connectivity index (χ0) is 15.3. The van der Waals surface area contributed by atoms with Crippen LogP contribution in [0.25, 0.3) is 0 Å². The lowest BCUT2D eigenvalue weighted by Gasteiger charge is -2.29. The van der Waals surface area contributed by atoms with Gasteiger partial charge in [0, 0.05) is 19.6 Å². The summed E-state index contributed by atoms with van der Waals surface area (Å²) in [4.78, 5) is 13.5. The minimum absolute atomic E-state index is 0.332. The van der Waals surface area contributed by atoms with E-state index in [0.717, 1.165) is 5.57 Å². The third-order valence-corrected chi connectivity index (χ3v) is 2.98. The molecule has 116 valence electrons. The molecule has 4 nitrogen and oxygen atoms in total. The van der Waals surface area contributed by atoms with Gasteiger partial charge in [0.05, 0.1) is 6.04 Å². The summed E-state index contributed by atoms with van der Waals surface area (Å²) in [7, 11) is 0. The van der Waals surface area contributed by atoms with Gasteiger partial charge in [0.15, 0.2) is 0 Å². The fourth-order valence-electron chi connectivity index (χ4n) is 1.75. The molecule has 1 aliphatic rings. The first-order chi connectivity index (χ1) is 9.19. The number of hydrogen-bond acceptors (Lipinski definition) is 3. The van der Waals surface area contributed by atoms with E-state index in [9.17, 15) is 13.6 Å². The number of alkyl halides is 2. The second-order valence-electron chi connectivity index (χ2n) is 6.04. The SMILES string of the molecule is CC(NCC1=CCN(C(=O)OC(C)(C)C)CC1)C(F)F. The lowest BCUT2D eigenvalue weighted by Crippen LogP contribution is -2.40. The van der Waals surface area contributed by atoms with Crippen LogP contribution in [0.15, 0.2) is 11.6 Å². The first-order valence-corrected chi connectivity index (χ1v) is 6.86. The van der Waals surface area contributed by atoms with Gasteiger partial charge < -0.3 is 15.0 Å². The minimum atomic E-state index is -2.36. The Bertz CT molecular complexity index is 365. The summed E-state index contributed by atoms with van der Waals surface area (Å²) in [5.41, 5.74) is 0.548. The fourth-order valence-corrected chi connectivity index (χ4v) is 1.75. The quantitative estimate of drug-likeness (QED) is 0.810. The van der Waals surface area contributed by atoms with Gasteiger partial charge in [-0.15, -0.1) is 0 Å². The Morgan fingerprint density at radius 2 is 2.15 bits per heavy atom. The molecule has 0 aliphatic carbocycles. The highest BCUT2D eigenvalue weighted by Crippen LogP contribution is 2.15. The van der Waals surface area contributed by atoms with Crippen LogP contribution in [0.4, 0.5) is 13.6 Å². The maximum absolute atomic E-state index is 12.4. The number of halogens is 2. The summed E-state index contributed by atoms with van der Waals surface area (Å²) in [5.74, 6) is 0. The molecule has 1 unspecified atom stereocenters. The Morgan fingerprint density at radius 3 is 2.60 bits per heavy atom. The molecular weight excluding hydrogens is 266 g/mol. The van der Waals surface area contributed by atoms with Crippen molar-refractivity contribution in [3.8, 4) is 0 Å². The highest BCUT2D eigenvalue weighted by molar-refractivity contribution is 5.68. The van der Waals surface area contributed by atoms with Crippen LogP contribution < -0.4 is 5.32 Å². The van der Waals surface area contributed by atoms with Crippen molar-refractivity contribution in [2.75, 3.05) is 19.6 Å². The predicted octanol–water partition coefficient (Wildman–Crippen LogP) is 2.80. The molecule has 0 spiro atoms. The highest BCUT2D eigenvalue weighted by atomic mass is 19.3. The minimum Gasteiger partial charge on any atom is -0.444 e. The normalized spacial score (nSPS) is 17.9. The van der Waals surface area contributed by atoms with Gasteiger partial charge in [0.2, 0.25) is 0 Å². The van der Waals surface area contributed by atoms with E-state index < -0.39 is 18.1 Å². The molecule has 0 radical (unpaired) electrons. The van der Waals surface area contributed by atoms with Crippen molar-refractivity contribution in [3.63, 3.8) is 0 Å². The molecule has 20 heavy (non-hydrogen) atoms. The Balaban J connectivity index is 2.39. The fraction of sp³-hybridized carbons (Fsp3) is 0.786. The van der Waals surface area contributed by atoms with Crippen molar-refractivity contribution in [2.24, 2.45) is 0 Å². The Morgan fingerprint density at radius 1 is 1.50 bits per heavy atom. The number of carbonyl (C=O) groups is 1. The molecule has 0 saturated carbocycles. The molecule has 0 aromatic heterocycles. The maximum atomic E-state index is 12.4. The van der Waals surface area contributed by atoms with E-state index in [1.807, 2.05) is 26.8 Å². The van der Waals surface area contributed by atoms with Crippen molar-refractivity contribution >= 4 is 6.09 Å². The van der Waals surface area contributed by atoms with E-state index in [1.54, 1.807) is 4.90 Å². The number of nitrogens with zero attached hydrogens (tertiary/aromatic N) is 1. The largest absolute Gasteiger partial charge is 0.444 e. The monoisotopic (exact) mass is 290 g/mol. The molecule has 6 heteroatoms. The van der Waals surface area contributed by atoms with Gasteiger partial charge in [-0.3, -0.25) is 0 Å². The summed E-state index contributed by atoms with van der Waals surface area (Å²) in [6, 6.07) is -0.820. The van der Waals surface area contributed by atoms with Gasteiger partial charge in [0.1, 0.15) is 5.60 Å². The number of carbonyl (C=O) groups excluding carboxylic acids is 1. The average Bonchev–Trinajstić information content (AvgIpc) is 2.34. The molecule has 1 amide bonds. The van der Waals surface area contributed by atoms with Gasteiger partial charge in [-0.2, -0.15) is 0 Å². The van der Waals surface area contributed by atoms with Crippen LogP contribution in [0.1, 0.15) is 34.1 Å². The van der Waals surface area contributed by atoms with Crippen LogP contribution in [0.2, 0.25) is 0 Å². The average molecular weight is 290 g/mol. The Labute approximate surface area is 119 Å². The van der Waals surface area contributed by atoms with E-state index in [1.165, 1.54) is 6.92 Å². The summed E-state index contributed by atoms with van der Waals surface area (Å²) in [6.07, 6.45) is -0.111. The molecule has 1 rings (SSSR count). The van der Waals surface area contributed by atoms with Gasteiger partial charge in [-0.05, 0) is 34.1 Å². The van der Waals surface area contributed by atoms with Crippen molar-refractivity contribution in [1.82, 2.24) is 10.2 Å². The molecule has 0 aromatic rings. The molecule has 0 fully saturated rings. The van der Waals surface area contributed by atoms with Gasteiger partial charge in [0.25, 0.3) is 6.43 Å². The van der Waals surface area contributed by atoms with Crippen molar-refractivity contribution < 1.29 is 18.3 Å². The van der Waals surface area contributed by atoms with Crippen molar-refractivity contribution in [2.45, 2.75) is 52.2 Å². The molecule has 1 atom stereocenters. The molecule has 1 N–H and O–H groups in total. The zero-order valence-electron chi connectivity index (χ0n) is 12.6. The lowest BCUT2D eigenvalue weighted by molar-refractivity contribution is 0.0265. The third kappa shape index (κ3) is 5.86. The molecule has 1 heterocycles. The number of hydrogen-bond donors (Lipinski definition) is 1. The van der Waals surface area contributed by atoms with Crippen LogP contribution in [0, 0.1) is 0 Å². The smallest absolute Gasteiger partial charge is 0.410 e. The Hall–Kier alpha value is -1.17. The molecule has 0 saturated heterocycles. The second kappa shape index (κ2) is 7.02. The lowest BCUT2D eigenvalue weighted by atomic mass is 10.1. The van der Waals surface area contributed by atoms with Crippen molar-refractivity contribution in [1.29, 1.82) is 0 Å². The number of rotatable bonds is 4. The maximum Gasteiger partial charge on any atom is 0.410 e. The summed E-state index contributed by atoms with van der Waals surface area (Å²) >= 11 is 0. The molecule has 0 aromatic carbocycles. The zero-order valence-corrected chi connectivity index (χ0v) is 12.6. The van der Waals surface area contributed by atoms with Crippen LogP contribution >= 0.6 is 0 Å². The van der Waals surface area contributed by atoms with E-state index in [0.29, 0.717) is 26.1 Å². The van der Waals surface area contributed by atoms with E-state index in [4.69, 9.17) is 4.74 Å². The molecule has 0 bridgehead atoms. The molecular formula is C14H24F2N2O2. The summed E-state index contributed by atoms with van der Waals surface area (Å²) in [5, 5.41) is 2.78. The van der Waals surface area contributed by atoms with E-state index in [-0.39, 0.29) is 6.09 Å². The van der Waals surface area contributed by atoms with Gasteiger partial charge in [-0.25, -0.2) is 13.6 Å². The summed E-state index contributed by atoms with van der Waals surface area (Å²) in [6.45, 7) is 8.40. The Kier molecular flexibility index (Phi) is 5.92. The predicted molar refractivity (Wildman–Crippen MR) is 74.0 cm³/mol. The van der Waals surface area contributed by atoms with Crippen molar-refractivity contribution in [3.05, 3.63) is 11.6 Å². The number of amides is 1. The van der Waals surface area contributed by atoms with Crippen LogP contribution in [0.5, 0.6) is 0 Å². The topological polar surface area (TPSA) is 41.6 Å². The van der Waals surface area contributed by atoms with Crippen LogP contribution in [-0.4, -0.2) is 48.7 Å². The van der Waals surface area contributed by atoms with Crippen LogP contribution in [-0.2, 0) is 4.74 Å².